The summed E-state index contributed by atoms with van der Waals surface area (Å²) < 4.78 is 0. The lowest BCUT2D eigenvalue weighted by atomic mass is 10.0. The summed E-state index contributed by atoms with van der Waals surface area (Å²) in [6.45, 7) is 0. The van der Waals surface area contributed by atoms with Crippen LogP contribution in [0.4, 0.5) is 0 Å². The molecule has 1 atom stereocenters. The first-order valence-electron chi connectivity index (χ1n) is 5.00. The Balaban J connectivity index is 2.28. The van der Waals surface area contributed by atoms with Crippen LogP contribution >= 0.6 is 15.9 Å². The minimum Gasteiger partial charge on any atom is -0.192 e. The van der Waals surface area contributed by atoms with Gasteiger partial charge in [0.05, 0.1) is 16.5 Å². The maximum Gasteiger partial charge on any atom is 0.0991 e. The van der Waals surface area contributed by atoms with E-state index in [1.54, 1.807) is 0 Å². The topological polar surface area (TPSA) is 23.8 Å². The van der Waals surface area contributed by atoms with E-state index in [1.807, 2.05) is 42.5 Å². The molecule has 0 saturated heterocycles. The monoisotopic (exact) mass is 271 g/mol. The molecular formula is C14H10BrN. The van der Waals surface area contributed by atoms with Crippen LogP contribution in [0.15, 0.2) is 54.6 Å². The molecule has 0 amide bonds. The molecule has 0 heterocycles. The van der Waals surface area contributed by atoms with Crippen molar-refractivity contribution in [2.75, 3.05) is 0 Å². The lowest BCUT2D eigenvalue weighted by molar-refractivity contribution is 1.18. The molecule has 0 aliphatic carbocycles. The predicted molar refractivity (Wildman–Crippen MR) is 68.4 cm³/mol. The Morgan fingerprint density at radius 1 is 0.875 bits per heavy atom. The third-order valence-electron chi connectivity index (χ3n) is 2.42. The van der Waals surface area contributed by atoms with Crippen molar-refractivity contribution in [1.29, 1.82) is 5.26 Å². The summed E-state index contributed by atoms with van der Waals surface area (Å²) in [5.74, 6) is 0. The molecule has 2 rings (SSSR count). The van der Waals surface area contributed by atoms with Crippen molar-refractivity contribution in [3.05, 3.63) is 71.3 Å². The zero-order valence-electron chi connectivity index (χ0n) is 8.60. The van der Waals surface area contributed by atoms with E-state index < -0.39 is 0 Å². The molecule has 2 aromatic carbocycles. The van der Waals surface area contributed by atoms with E-state index in [0.29, 0.717) is 5.56 Å². The fourth-order valence-electron chi connectivity index (χ4n) is 1.54. The Hall–Kier alpha value is -1.59. The van der Waals surface area contributed by atoms with Crippen molar-refractivity contribution in [2.45, 2.75) is 4.83 Å². The van der Waals surface area contributed by atoms with Gasteiger partial charge in [0.2, 0.25) is 0 Å². The van der Waals surface area contributed by atoms with Gasteiger partial charge in [-0.05, 0) is 23.3 Å². The van der Waals surface area contributed by atoms with E-state index in [-0.39, 0.29) is 4.83 Å². The van der Waals surface area contributed by atoms with Gasteiger partial charge in [-0.3, -0.25) is 0 Å². The second-order valence-corrected chi connectivity index (χ2v) is 4.42. The number of rotatable bonds is 2. The van der Waals surface area contributed by atoms with Crippen LogP contribution in [-0.2, 0) is 0 Å². The average molecular weight is 272 g/mol. The van der Waals surface area contributed by atoms with Crippen LogP contribution in [0.5, 0.6) is 0 Å². The standard InChI is InChI=1S/C14H10BrN/c15-14(12-4-2-1-3-5-12)13-8-6-11(10-16)7-9-13/h1-9,14H/t14-/m1/s1. The SMILES string of the molecule is N#Cc1ccc([C@H](Br)c2ccccc2)cc1. The summed E-state index contributed by atoms with van der Waals surface area (Å²) in [4.78, 5) is 0.182. The van der Waals surface area contributed by atoms with Crippen LogP contribution in [0.2, 0.25) is 0 Å². The van der Waals surface area contributed by atoms with Crippen LogP contribution < -0.4 is 0 Å². The molecule has 0 saturated carbocycles. The molecule has 0 unspecified atom stereocenters. The van der Waals surface area contributed by atoms with Gasteiger partial charge >= 0.3 is 0 Å². The van der Waals surface area contributed by atoms with Crippen LogP contribution in [0.1, 0.15) is 21.5 Å². The third-order valence-corrected chi connectivity index (χ3v) is 3.48. The summed E-state index contributed by atoms with van der Waals surface area (Å²) in [6, 6.07) is 20.0. The van der Waals surface area contributed by atoms with Crippen molar-refractivity contribution in [1.82, 2.24) is 0 Å². The second kappa shape index (κ2) is 4.96. The average Bonchev–Trinajstić information content (AvgIpc) is 2.39. The second-order valence-electron chi connectivity index (χ2n) is 3.51. The van der Waals surface area contributed by atoms with Crippen LogP contribution in [0.3, 0.4) is 0 Å². The molecule has 0 N–H and O–H groups in total. The number of benzene rings is 2. The normalized spacial score (nSPS) is 11.8. The Kier molecular flexibility index (Phi) is 3.38. The summed E-state index contributed by atoms with van der Waals surface area (Å²) in [7, 11) is 0. The first kappa shape index (κ1) is 10.9. The van der Waals surface area contributed by atoms with Crippen molar-refractivity contribution < 1.29 is 0 Å². The number of hydrogen-bond acceptors (Lipinski definition) is 1. The smallest absolute Gasteiger partial charge is 0.0991 e. The van der Waals surface area contributed by atoms with Crippen LogP contribution in [0, 0.1) is 11.3 Å². The van der Waals surface area contributed by atoms with Crippen molar-refractivity contribution in [2.24, 2.45) is 0 Å². The van der Waals surface area contributed by atoms with Gasteiger partial charge in [-0.1, -0.05) is 58.4 Å². The third kappa shape index (κ3) is 2.32. The van der Waals surface area contributed by atoms with Gasteiger partial charge in [0.1, 0.15) is 0 Å². The molecule has 78 valence electrons. The van der Waals surface area contributed by atoms with E-state index >= 15 is 0 Å². The molecule has 1 nitrogen and oxygen atoms in total. The molecular weight excluding hydrogens is 262 g/mol. The summed E-state index contributed by atoms with van der Waals surface area (Å²) >= 11 is 3.66. The van der Waals surface area contributed by atoms with Gasteiger partial charge in [-0.2, -0.15) is 5.26 Å². The zero-order valence-corrected chi connectivity index (χ0v) is 10.2. The summed E-state index contributed by atoms with van der Waals surface area (Å²) in [6.07, 6.45) is 0. The fourth-order valence-corrected chi connectivity index (χ4v) is 2.15. The molecule has 0 bridgehead atoms. The highest BCUT2D eigenvalue weighted by Gasteiger charge is 2.08. The number of nitrogens with zero attached hydrogens (tertiary/aromatic N) is 1. The number of nitriles is 1. The largest absolute Gasteiger partial charge is 0.192 e. The number of hydrogen-bond donors (Lipinski definition) is 0. The maximum atomic E-state index is 8.72. The quantitative estimate of drug-likeness (QED) is 0.757. The highest BCUT2D eigenvalue weighted by molar-refractivity contribution is 9.09. The van der Waals surface area contributed by atoms with E-state index in [9.17, 15) is 0 Å². The predicted octanol–water partition coefficient (Wildman–Crippen LogP) is 4.04. The fraction of sp³-hybridized carbons (Fsp3) is 0.0714. The molecule has 16 heavy (non-hydrogen) atoms. The molecule has 0 aromatic heterocycles. The molecule has 0 spiro atoms. The van der Waals surface area contributed by atoms with Crippen molar-refractivity contribution >= 4 is 15.9 Å². The van der Waals surface area contributed by atoms with Crippen molar-refractivity contribution in [3.8, 4) is 6.07 Å². The van der Waals surface area contributed by atoms with Crippen molar-refractivity contribution in [3.63, 3.8) is 0 Å². The number of halogens is 1. The minimum atomic E-state index is 0.182. The van der Waals surface area contributed by atoms with E-state index in [0.717, 1.165) is 5.56 Å². The summed E-state index contributed by atoms with van der Waals surface area (Å²) in [5, 5.41) is 8.72. The lowest BCUT2D eigenvalue weighted by Gasteiger charge is -2.10. The summed E-state index contributed by atoms with van der Waals surface area (Å²) in [5.41, 5.74) is 3.06. The first-order valence-corrected chi connectivity index (χ1v) is 5.92. The van der Waals surface area contributed by atoms with E-state index in [2.05, 4.69) is 34.1 Å². The van der Waals surface area contributed by atoms with Gasteiger partial charge in [0, 0.05) is 0 Å². The van der Waals surface area contributed by atoms with E-state index in [4.69, 9.17) is 5.26 Å². The molecule has 0 radical (unpaired) electrons. The highest BCUT2D eigenvalue weighted by Crippen LogP contribution is 2.30. The Labute approximate surface area is 103 Å². The number of alkyl halides is 1. The first-order chi connectivity index (χ1) is 7.81. The van der Waals surface area contributed by atoms with Gasteiger partial charge in [0.25, 0.3) is 0 Å². The highest BCUT2D eigenvalue weighted by atomic mass is 79.9. The molecule has 0 fully saturated rings. The van der Waals surface area contributed by atoms with E-state index in [1.165, 1.54) is 5.56 Å². The Morgan fingerprint density at radius 3 is 2.00 bits per heavy atom. The lowest BCUT2D eigenvalue weighted by Crippen LogP contribution is -1.92. The molecule has 2 heteroatoms. The maximum absolute atomic E-state index is 8.72. The molecule has 0 aliphatic rings. The van der Waals surface area contributed by atoms with Gasteiger partial charge < -0.3 is 0 Å². The molecule has 0 aliphatic heterocycles. The zero-order chi connectivity index (χ0) is 11.4. The Morgan fingerprint density at radius 2 is 1.44 bits per heavy atom. The van der Waals surface area contributed by atoms with Gasteiger partial charge in [-0.15, -0.1) is 0 Å². The van der Waals surface area contributed by atoms with Gasteiger partial charge in [-0.25, -0.2) is 0 Å². The Bertz CT molecular complexity index is 497. The van der Waals surface area contributed by atoms with Crippen LogP contribution in [-0.4, -0.2) is 0 Å². The minimum absolute atomic E-state index is 0.182. The van der Waals surface area contributed by atoms with Gasteiger partial charge in [0.15, 0.2) is 0 Å². The van der Waals surface area contributed by atoms with Crippen LogP contribution in [0.25, 0.3) is 0 Å². The molecule has 2 aromatic rings.